The molecule has 0 aromatic heterocycles. The molecule has 7 heteroatoms. The molecule has 0 radical (unpaired) electrons. The van der Waals surface area contributed by atoms with Gasteiger partial charge in [0.1, 0.15) is 11.6 Å². The molecule has 0 atom stereocenters. The van der Waals surface area contributed by atoms with E-state index in [4.69, 9.17) is 9.47 Å². The Labute approximate surface area is 189 Å². The zero-order valence-electron chi connectivity index (χ0n) is 17.1. The van der Waals surface area contributed by atoms with Gasteiger partial charge in [0, 0.05) is 31.1 Å². The van der Waals surface area contributed by atoms with Gasteiger partial charge in [-0.1, -0.05) is 44.2 Å². The number of hydrogen-bond donors (Lipinski definition) is 2. The highest BCUT2D eigenvalue weighted by Gasteiger charge is 2.21. The maximum absolute atomic E-state index is 13.9. The predicted molar refractivity (Wildman–Crippen MR) is 125 cm³/mol. The van der Waals surface area contributed by atoms with Crippen molar-refractivity contribution in [1.29, 1.82) is 0 Å². The summed E-state index contributed by atoms with van der Waals surface area (Å²) in [6.45, 7) is 6.34. The molecule has 0 spiro atoms. The molecule has 0 bridgehead atoms. The van der Waals surface area contributed by atoms with E-state index in [1.165, 1.54) is 17.7 Å². The average molecular weight is 513 g/mol. The largest absolute Gasteiger partial charge is 0.467 e. The third-order valence-corrected chi connectivity index (χ3v) is 4.92. The summed E-state index contributed by atoms with van der Waals surface area (Å²) in [4.78, 5) is 4.29. The van der Waals surface area contributed by atoms with Crippen molar-refractivity contribution in [2.75, 3.05) is 26.9 Å². The lowest BCUT2D eigenvalue weighted by Crippen LogP contribution is -2.44. The van der Waals surface area contributed by atoms with Crippen LogP contribution in [0.15, 0.2) is 47.5 Å². The molecule has 2 aromatic rings. The Morgan fingerprint density at radius 2 is 1.93 bits per heavy atom. The number of rotatable bonds is 6. The van der Waals surface area contributed by atoms with E-state index in [1.54, 1.807) is 7.05 Å². The zero-order valence-corrected chi connectivity index (χ0v) is 19.5. The normalized spacial score (nSPS) is 13.7. The van der Waals surface area contributed by atoms with E-state index >= 15 is 0 Å². The molecule has 3 rings (SSSR count). The Bertz CT molecular complexity index is 828. The SMILES string of the molecule is CN=C(NCCc1cc(F)cc2c1OCOC2)NCC(C)(C)c1ccccc1.I. The van der Waals surface area contributed by atoms with Crippen molar-refractivity contribution in [1.82, 2.24) is 10.6 Å². The second kappa shape index (κ2) is 10.8. The summed E-state index contributed by atoms with van der Waals surface area (Å²) in [7, 11) is 1.75. The first-order valence-corrected chi connectivity index (χ1v) is 9.51. The lowest BCUT2D eigenvalue weighted by atomic mass is 9.85. The van der Waals surface area contributed by atoms with Crippen LogP contribution in [0.4, 0.5) is 4.39 Å². The zero-order chi connectivity index (χ0) is 20.0. The van der Waals surface area contributed by atoms with Gasteiger partial charge in [0.2, 0.25) is 0 Å². The van der Waals surface area contributed by atoms with Crippen LogP contribution in [0.3, 0.4) is 0 Å². The van der Waals surface area contributed by atoms with Gasteiger partial charge in [-0.15, -0.1) is 24.0 Å². The van der Waals surface area contributed by atoms with E-state index in [2.05, 4.69) is 53.7 Å². The van der Waals surface area contributed by atoms with Crippen LogP contribution in [-0.2, 0) is 23.2 Å². The number of guanidine groups is 1. The summed E-state index contributed by atoms with van der Waals surface area (Å²) in [5.74, 6) is 1.19. The fraction of sp³-hybridized carbons (Fsp3) is 0.409. The maximum Gasteiger partial charge on any atom is 0.191 e. The van der Waals surface area contributed by atoms with E-state index in [0.29, 0.717) is 19.6 Å². The van der Waals surface area contributed by atoms with Gasteiger partial charge in [0.25, 0.3) is 0 Å². The second-order valence-corrected chi connectivity index (χ2v) is 7.52. The molecule has 2 aromatic carbocycles. The molecule has 0 fully saturated rings. The number of hydrogen-bond acceptors (Lipinski definition) is 3. The van der Waals surface area contributed by atoms with Crippen LogP contribution < -0.4 is 15.4 Å². The van der Waals surface area contributed by atoms with Crippen LogP contribution in [0.1, 0.15) is 30.5 Å². The third kappa shape index (κ3) is 6.30. The molecule has 5 nitrogen and oxygen atoms in total. The monoisotopic (exact) mass is 513 g/mol. The molecule has 0 saturated heterocycles. The fourth-order valence-corrected chi connectivity index (χ4v) is 3.27. The summed E-state index contributed by atoms with van der Waals surface area (Å²) in [5, 5.41) is 6.68. The van der Waals surface area contributed by atoms with Crippen molar-refractivity contribution in [3.63, 3.8) is 0 Å². The molecule has 0 saturated carbocycles. The minimum Gasteiger partial charge on any atom is -0.467 e. The van der Waals surface area contributed by atoms with Gasteiger partial charge in [0.05, 0.1) is 6.61 Å². The van der Waals surface area contributed by atoms with Crippen LogP contribution in [0.25, 0.3) is 0 Å². The van der Waals surface area contributed by atoms with E-state index in [-0.39, 0.29) is 42.0 Å². The number of benzene rings is 2. The molecular weight excluding hydrogens is 484 g/mol. The summed E-state index contributed by atoms with van der Waals surface area (Å²) in [6.07, 6.45) is 0.628. The van der Waals surface area contributed by atoms with Gasteiger partial charge in [0.15, 0.2) is 12.8 Å². The number of halogens is 2. The standard InChI is InChI=1S/C22H28FN3O2.HI/c1-22(2,18-7-5-4-6-8-18)14-26-21(24-3)25-10-9-16-11-19(23)12-17-13-27-15-28-20(16)17;/h4-8,11-12H,9-10,13-15H2,1-3H3,(H2,24,25,26);1H. The molecule has 0 unspecified atom stereocenters. The number of nitrogens with zero attached hydrogens (tertiary/aromatic N) is 1. The van der Waals surface area contributed by atoms with Crippen molar-refractivity contribution in [2.45, 2.75) is 32.3 Å². The number of ether oxygens (including phenoxy) is 2. The summed E-state index contributed by atoms with van der Waals surface area (Å²) in [5.41, 5.74) is 2.83. The van der Waals surface area contributed by atoms with E-state index < -0.39 is 0 Å². The van der Waals surface area contributed by atoms with Gasteiger partial charge in [-0.05, 0) is 29.7 Å². The first kappa shape index (κ1) is 23.4. The van der Waals surface area contributed by atoms with Crippen molar-refractivity contribution in [3.8, 4) is 5.75 Å². The van der Waals surface area contributed by atoms with Gasteiger partial charge in [-0.25, -0.2) is 4.39 Å². The number of nitrogens with one attached hydrogen (secondary N) is 2. The Morgan fingerprint density at radius 1 is 1.17 bits per heavy atom. The van der Waals surface area contributed by atoms with Gasteiger partial charge in [-0.2, -0.15) is 0 Å². The Hall–Kier alpha value is -1.87. The number of fused-ring (bicyclic) bond motifs is 1. The summed E-state index contributed by atoms with van der Waals surface area (Å²) >= 11 is 0. The van der Waals surface area contributed by atoms with E-state index in [0.717, 1.165) is 29.4 Å². The van der Waals surface area contributed by atoms with Gasteiger partial charge in [-0.3, -0.25) is 4.99 Å². The summed E-state index contributed by atoms with van der Waals surface area (Å²) < 4.78 is 24.7. The van der Waals surface area contributed by atoms with Crippen LogP contribution >= 0.6 is 24.0 Å². The molecule has 0 amide bonds. The van der Waals surface area contributed by atoms with E-state index in [9.17, 15) is 4.39 Å². The highest BCUT2D eigenvalue weighted by Crippen LogP contribution is 2.29. The van der Waals surface area contributed by atoms with Crippen molar-refractivity contribution >= 4 is 29.9 Å². The molecule has 1 aliphatic rings. The average Bonchev–Trinajstić information content (AvgIpc) is 2.71. The minimum absolute atomic E-state index is 0. The van der Waals surface area contributed by atoms with Gasteiger partial charge >= 0.3 is 0 Å². The maximum atomic E-state index is 13.9. The molecule has 158 valence electrons. The Kier molecular flexibility index (Phi) is 8.70. The smallest absolute Gasteiger partial charge is 0.191 e. The highest BCUT2D eigenvalue weighted by molar-refractivity contribution is 14.0. The first-order chi connectivity index (χ1) is 13.5. The quantitative estimate of drug-likeness (QED) is 0.349. The lowest BCUT2D eigenvalue weighted by Gasteiger charge is -2.27. The summed E-state index contributed by atoms with van der Waals surface area (Å²) in [6, 6.07) is 13.4. The second-order valence-electron chi connectivity index (χ2n) is 7.52. The van der Waals surface area contributed by atoms with Crippen LogP contribution in [0.5, 0.6) is 5.75 Å². The van der Waals surface area contributed by atoms with E-state index in [1.807, 2.05) is 6.07 Å². The van der Waals surface area contributed by atoms with Crippen LogP contribution in [0, 0.1) is 5.82 Å². The molecule has 2 N–H and O–H groups in total. The topological polar surface area (TPSA) is 54.9 Å². The minimum atomic E-state index is -0.269. The van der Waals surface area contributed by atoms with Crippen molar-refractivity contribution < 1.29 is 13.9 Å². The van der Waals surface area contributed by atoms with Crippen molar-refractivity contribution in [3.05, 3.63) is 65.0 Å². The first-order valence-electron chi connectivity index (χ1n) is 9.51. The Morgan fingerprint density at radius 3 is 2.66 bits per heavy atom. The lowest BCUT2D eigenvalue weighted by molar-refractivity contribution is -0.0172. The molecule has 1 heterocycles. The predicted octanol–water partition coefficient (Wildman–Crippen LogP) is 4.00. The molecule has 1 aliphatic heterocycles. The Balaban J connectivity index is 0.00000300. The highest BCUT2D eigenvalue weighted by atomic mass is 127. The number of aliphatic imine (C=N–C) groups is 1. The van der Waals surface area contributed by atoms with Crippen molar-refractivity contribution in [2.24, 2.45) is 4.99 Å². The molecular formula is C22H29FIN3O2. The fourth-order valence-electron chi connectivity index (χ4n) is 3.27. The van der Waals surface area contributed by atoms with Crippen LogP contribution in [-0.4, -0.2) is 32.9 Å². The third-order valence-electron chi connectivity index (χ3n) is 4.92. The van der Waals surface area contributed by atoms with Crippen LogP contribution in [0.2, 0.25) is 0 Å². The van der Waals surface area contributed by atoms with Gasteiger partial charge < -0.3 is 20.1 Å². The molecule has 29 heavy (non-hydrogen) atoms. The molecule has 0 aliphatic carbocycles.